The van der Waals surface area contributed by atoms with Crippen molar-refractivity contribution in [2.45, 2.75) is 45.9 Å². The molecule has 1 aliphatic heterocycles. The number of alkyl halides is 1. The lowest BCUT2D eigenvalue weighted by Crippen LogP contribution is -2.40. The number of ether oxygens (including phenoxy) is 7. The first-order valence-electron chi connectivity index (χ1n) is 38.8. The first kappa shape index (κ1) is 107. The smallest absolute Gasteiger partial charge is 0.391 e. The molecule has 7 heterocycles. The molecule has 0 unspecified atom stereocenters. The van der Waals surface area contributed by atoms with Crippen molar-refractivity contribution < 1.29 is 56.9 Å². The second kappa shape index (κ2) is 57.0. The number of halogens is 10. The number of aromatic nitrogens is 8. The molecule has 6 aromatic heterocycles. The summed E-state index contributed by atoms with van der Waals surface area (Å²) in [5.74, 6) is 20.6. The third-order valence-corrected chi connectivity index (χ3v) is 19.5. The second-order valence-electron chi connectivity index (χ2n) is 26.6. The van der Waals surface area contributed by atoms with Crippen molar-refractivity contribution in [2.24, 2.45) is 23.4 Å². The van der Waals surface area contributed by atoms with Crippen LogP contribution >= 0.6 is 120 Å². The fourth-order valence-electron chi connectivity index (χ4n) is 11.6. The van der Waals surface area contributed by atoms with Gasteiger partial charge in [0.1, 0.15) is 34.3 Å². The van der Waals surface area contributed by atoms with E-state index in [0.29, 0.717) is 68.7 Å². The van der Waals surface area contributed by atoms with Gasteiger partial charge >= 0.3 is 22.4 Å². The monoisotopic (exact) mass is 1980 g/mol. The number of likely N-dealkylation sites (N-methyl/N-ethyl adjacent to an activating group) is 1. The molecule has 29 nitrogen and oxygen atoms in total. The Morgan fingerprint density at radius 1 is 0.488 bits per heavy atom. The zero-order chi connectivity index (χ0) is 94.5. The van der Waals surface area contributed by atoms with Gasteiger partial charge in [0.2, 0.25) is 0 Å². The van der Waals surface area contributed by atoms with Gasteiger partial charge in [0.25, 0.3) is 11.3 Å². The first-order valence-corrected chi connectivity index (χ1v) is 46.0. The van der Waals surface area contributed by atoms with Gasteiger partial charge in [-0.25, -0.2) is 14.6 Å². The zero-order valence-electron chi connectivity index (χ0n) is 71.2. The third kappa shape index (κ3) is 36.9. The maximum atomic E-state index is 12.2. The van der Waals surface area contributed by atoms with E-state index in [4.69, 9.17) is 117 Å². The summed E-state index contributed by atoms with van der Waals surface area (Å²) in [5, 5.41) is 16.3. The number of H-pyrrole nitrogens is 3. The standard InChI is InChI=1S/C18H13Cl2N3O.C18H14ClN3O2.C12H10ClNO3.C8H6ClN.C8H9ClO.2C8H12N2O.C5H12N2.C4H5ClO3.Cl3OP.H4N2/c1-24-13-5-2-11(3-6-13)9-23-10-15-14-8-12(19)4-7-16(14)21-18(20)17(15)22-23;1-24-13-5-2-11(3-6-13)9-22-10-15-14-8-12(19)4-7-16(14)20-18(23)17(15)21-22;1-2-17-12(16)11(15)9-6-14-10-4-3-7(13)5-8(9)10;9-7-1-2-8-6(5-7)3-4-10-8;1-10-8-4-2-7(6-9)3-5-8;2*1-11-8-4-2-7(3-5-8)6-10-9;1-7-4-2-6-3-5-7;1-2-8-4(7)3(5)6;1-5(2,3)4;1-2/h2-8,10H,9H2,1H3;2-8,10H,9H2,1H3,(H,20,23);3-6,14H,2H2,1H3;1-5,10H;2-5H,6H2,1H3;2*2-5,10H,6,9H2,1H3;6H,2-5H2,1H3;2H2,1H3;;1-2H2. The van der Waals surface area contributed by atoms with E-state index in [2.05, 4.69) is 113 Å². The molecule has 9 aromatic carbocycles. The van der Waals surface area contributed by atoms with Gasteiger partial charge in [-0.15, -0.1) is 11.6 Å². The Labute approximate surface area is 793 Å². The van der Waals surface area contributed by atoms with E-state index in [1.165, 1.54) is 19.3 Å². The van der Waals surface area contributed by atoms with Crippen LogP contribution in [0.3, 0.4) is 0 Å². The van der Waals surface area contributed by atoms with Crippen molar-refractivity contribution in [3.05, 3.63) is 294 Å². The van der Waals surface area contributed by atoms with E-state index in [1.807, 2.05) is 187 Å². The number of nitrogens with zero attached hydrogens (tertiary/aromatic N) is 6. The van der Waals surface area contributed by atoms with Gasteiger partial charge in [-0.2, -0.15) is 10.2 Å². The molecule has 1 aliphatic rings. The number of piperazine rings is 1. The van der Waals surface area contributed by atoms with E-state index >= 15 is 0 Å². The molecule has 0 atom stereocenters. The molecule has 15 aromatic rings. The molecule has 686 valence electrons. The highest BCUT2D eigenvalue weighted by atomic mass is 36.0. The number of hydrazine groups is 3. The molecule has 129 heavy (non-hydrogen) atoms. The molecule has 0 aliphatic carbocycles. The molecular formula is C89H97Cl10N16O13P. The minimum Gasteiger partial charge on any atom is -0.497 e. The van der Waals surface area contributed by atoms with Crippen LogP contribution in [0.4, 0.5) is 0 Å². The lowest BCUT2D eigenvalue weighted by Gasteiger charge is -2.21. The number of aromatic amines is 3. The number of carbonyl (C=O) groups excluding carboxylic acids is 4. The van der Waals surface area contributed by atoms with Crippen LogP contribution in [0.5, 0.6) is 28.7 Å². The number of fused-ring (bicyclic) bond motifs is 8. The quantitative estimate of drug-likeness (QED) is 0.00414. The van der Waals surface area contributed by atoms with Gasteiger partial charge in [-0.1, -0.05) is 119 Å². The lowest BCUT2D eigenvalue weighted by molar-refractivity contribution is -0.149. The highest BCUT2D eigenvalue weighted by Gasteiger charge is 2.22. The normalized spacial score (nSPS) is 11.1. The molecular weight excluding hydrogens is 1890 g/mol. The number of methoxy groups -OCH3 is 5. The van der Waals surface area contributed by atoms with Crippen molar-refractivity contribution in [1.29, 1.82) is 0 Å². The Hall–Kier alpha value is -10.3. The van der Waals surface area contributed by atoms with Crippen molar-refractivity contribution in [2.75, 3.05) is 82.0 Å². The number of nitrogens with one attached hydrogen (secondary N) is 6. The van der Waals surface area contributed by atoms with Gasteiger partial charge < -0.3 is 58.3 Å². The Kier molecular flexibility index (Phi) is 47.5. The maximum Gasteiger partial charge on any atom is 0.391 e. The average Bonchev–Trinajstić information content (AvgIpc) is 1.64. The minimum absolute atomic E-state index is 0.174. The van der Waals surface area contributed by atoms with E-state index in [-0.39, 0.29) is 24.3 Å². The number of Topliss-reactive ketones (excluding diaryl/α,β-unsaturated/α-hetero) is 1. The predicted molar refractivity (Wildman–Crippen MR) is 522 cm³/mol. The molecule has 40 heteroatoms. The number of hydrogen-bond acceptors (Lipinski definition) is 24. The molecule has 0 amide bonds. The Bertz CT molecular complexity index is 6030. The van der Waals surface area contributed by atoms with E-state index in [9.17, 15) is 28.5 Å². The number of pyridine rings is 2. The van der Waals surface area contributed by atoms with Crippen LogP contribution in [-0.2, 0) is 60.5 Å². The molecule has 0 saturated carbocycles. The van der Waals surface area contributed by atoms with Gasteiger partial charge in [-0.05, 0) is 234 Å². The summed E-state index contributed by atoms with van der Waals surface area (Å²) in [5.41, 5.74) is 15.4. The summed E-state index contributed by atoms with van der Waals surface area (Å²) in [6.07, 6.45) is 7.25. The summed E-state index contributed by atoms with van der Waals surface area (Å²) in [6, 6.07) is 62.7. The zero-order valence-corrected chi connectivity index (χ0v) is 79.6. The first-order chi connectivity index (χ1) is 61.9. The number of ketones is 1. The van der Waals surface area contributed by atoms with Crippen LogP contribution in [0.2, 0.25) is 25.2 Å². The van der Waals surface area contributed by atoms with Crippen LogP contribution in [0.25, 0.3) is 65.4 Å². The van der Waals surface area contributed by atoms with Gasteiger partial charge in [0, 0.05) is 139 Å². The lowest BCUT2D eigenvalue weighted by atomic mass is 10.1. The molecule has 16 rings (SSSR count). The van der Waals surface area contributed by atoms with E-state index < -0.39 is 28.2 Å². The number of benzene rings is 9. The van der Waals surface area contributed by atoms with Crippen molar-refractivity contribution in [1.82, 2.24) is 60.6 Å². The van der Waals surface area contributed by atoms with Crippen LogP contribution in [0.1, 0.15) is 52.0 Å². The van der Waals surface area contributed by atoms with E-state index in [1.54, 1.807) is 90.5 Å². The fraction of sp³-hybridized carbons (Fsp3) is 0.213. The highest BCUT2D eigenvalue weighted by molar-refractivity contribution is 8.24. The number of nitrogens with two attached hydrogens (primary N) is 4. The third-order valence-electron chi connectivity index (χ3n) is 17.8. The highest BCUT2D eigenvalue weighted by Crippen LogP contribution is 2.61. The average molecular weight is 1980 g/mol. The van der Waals surface area contributed by atoms with Crippen molar-refractivity contribution in [3.8, 4) is 28.7 Å². The second-order valence-corrected chi connectivity index (χ2v) is 36.0. The summed E-state index contributed by atoms with van der Waals surface area (Å²) < 4.78 is 47.3. The largest absolute Gasteiger partial charge is 0.497 e. The van der Waals surface area contributed by atoms with Crippen LogP contribution in [0, 0.1) is 0 Å². The maximum absolute atomic E-state index is 12.2. The van der Waals surface area contributed by atoms with Crippen molar-refractivity contribution >= 4 is 209 Å². The number of carbonyl (C=O) groups is 4. The van der Waals surface area contributed by atoms with Crippen molar-refractivity contribution in [3.63, 3.8) is 0 Å². The van der Waals surface area contributed by atoms with Crippen LogP contribution in [-0.4, -0.2) is 149 Å². The summed E-state index contributed by atoms with van der Waals surface area (Å²) in [7, 11) is 10.4. The predicted octanol–water partition coefficient (Wildman–Crippen LogP) is 19.1. The summed E-state index contributed by atoms with van der Waals surface area (Å²) in [4.78, 5) is 70.8. The van der Waals surface area contributed by atoms with Gasteiger partial charge in [0.15, 0.2) is 10.7 Å². The Morgan fingerprint density at radius 2 is 0.884 bits per heavy atom. The molecule has 0 bridgehead atoms. The Balaban J connectivity index is 0.000000228. The Morgan fingerprint density at radius 3 is 1.30 bits per heavy atom. The number of rotatable bonds is 19. The van der Waals surface area contributed by atoms with Crippen LogP contribution in [0.15, 0.2) is 230 Å². The van der Waals surface area contributed by atoms with E-state index in [0.717, 1.165) is 124 Å². The molecule has 14 N–H and O–H groups in total. The number of esters is 2. The number of hydrogen-bond donors (Lipinski definition) is 10. The summed E-state index contributed by atoms with van der Waals surface area (Å²) in [6.45, 7) is 10.9. The molecule has 1 saturated heterocycles. The SMILES string of the molecule is CCOC(=O)C(=O)Cl.CCOC(=O)C(=O)c1c[nH]c2ccc(Cl)cc12.CN1CCNCC1.COc1ccc(CCl)cc1.COc1ccc(CNN)cc1.COc1ccc(CNN)cc1.COc1ccc(Cn2cc3c(n2)c(=O)[nH]c2ccc(Cl)cc23)cc1.COc1ccc(Cn2cc3c(n2)c(Cl)nc2ccc(Cl)cc23)cc1.Clc1ccc2[nH]ccc2c1.NN.O=P(Cl)(Cl)Cl. The topological polar surface area (TPSA) is 406 Å². The minimum atomic E-state index is -3.22. The van der Waals surface area contributed by atoms with Gasteiger partial charge in [-0.3, -0.25) is 62.5 Å². The fourth-order valence-corrected chi connectivity index (χ4v) is 12.7. The molecule has 1 fully saturated rings. The molecule has 0 spiro atoms. The van der Waals surface area contributed by atoms with Crippen LogP contribution < -0.4 is 68.8 Å². The molecule has 0 radical (unpaired) electrons. The van der Waals surface area contributed by atoms with Gasteiger partial charge in [0.05, 0.1) is 72.9 Å². The summed E-state index contributed by atoms with van der Waals surface area (Å²) >= 11 is 54.3.